The van der Waals surface area contributed by atoms with Gasteiger partial charge in [0.2, 0.25) is 11.8 Å². The molecule has 0 aliphatic carbocycles. The molecule has 0 bridgehead atoms. The molecule has 1 fully saturated rings. The van der Waals surface area contributed by atoms with Gasteiger partial charge in [-0.05, 0) is 55.5 Å². The number of rotatable bonds is 3. The molecule has 1 aromatic carbocycles. The van der Waals surface area contributed by atoms with Crippen molar-refractivity contribution in [3.8, 4) is 6.07 Å². The summed E-state index contributed by atoms with van der Waals surface area (Å²) in [6, 6.07) is 9.59. The van der Waals surface area contributed by atoms with Crippen LogP contribution in [0.1, 0.15) is 28.8 Å². The summed E-state index contributed by atoms with van der Waals surface area (Å²) in [6.07, 6.45) is 1.91. The van der Waals surface area contributed by atoms with E-state index >= 15 is 0 Å². The topological polar surface area (TPSA) is 89.8 Å². The van der Waals surface area contributed by atoms with Gasteiger partial charge in [-0.25, -0.2) is 9.88 Å². The molecule has 1 atom stereocenters. The molecular formula is C21H18N4O2S. The zero-order chi connectivity index (χ0) is 20.0. The van der Waals surface area contributed by atoms with Gasteiger partial charge < -0.3 is 4.98 Å². The van der Waals surface area contributed by atoms with Gasteiger partial charge in [0.1, 0.15) is 11.1 Å². The lowest BCUT2D eigenvalue weighted by Gasteiger charge is -2.16. The number of nitrogens with one attached hydrogen (secondary N) is 1. The largest absolute Gasteiger partial charge is 0.361 e. The Morgan fingerprint density at radius 1 is 1.21 bits per heavy atom. The maximum atomic E-state index is 13.0. The second-order valence-electron chi connectivity index (χ2n) is 6.87. The number of aryl methyl sites for hydroxylation is 1. The van der Waals surface area contributed by atoms with Crippen molar-refractivity contribution in [2.75, 3.05) is 4.90 Å². The Morgan fingerprint density at radius 2 is 2.00 bits per heavy atom. The SMILES string of the molecule is Cc1nc(SC2CC(=O)N(c3ccc4cc[nH]c4c3)C2=O)c(C#N)c(C)c1C. The van der Waals surface area contributed by atoms with Gasteiger partial charge in [0.15, 0.2) is 0 Å². The number of thioether (sulfide) groups is 1. The van der Waals surface area contributed by atoms with Gasteiger partial charge in [-0.15, -0.1) is 0 Å². The van der Waals surface area contributed by atoms with Gasteiger partial charge in [0.25, 0.3) is 0 Å². The lowest BCUT2D eigenvalue weighted by Crippen LogP contribution is -2.31. The van der Waals surface area contributed by atoms with Gasteiger partial charge in [0, 0.05) is 23.8 Å². The molecule has 7 heteroatoms. The first-order chi connectivity index (χ1) is 13.4. The first-order valence-electron chi connectivity index (χ1n) is 8.89. The summed E-state index contributed by atoms with van der Waals surface area (Å²) in [4.78, 5) is 34.4. The lowest BCUT2D eigenvalue weighted by atomic mass is 10.1. The van der Waals surface area contributed by atoms with E-state index in [-0.39, 0.29) is 18.2 Å². The molecule has 6 nitrogen and oxygen atoms in total. The lowest BCUT2D eigenvalue weighted by molar-refractivity contribution is -0.121. The number of hydrogen-bond donors (Lipinski definition) is 1. The van der Waals surface area contributed by atoms with Gasteiger partial charge in [-0.2, -0.15) is 5.26 Å². The van der Waals surface area contributed by atoms with E-state index in [9.17, 15) is 14.9 Å². The number of aromatic nitrogens is 2. The summed E-state index contributed by atoms with van der Waals surface area (Å²) >= 11 is 1.20. The predicted octanol–water partition coefficient (Wildman–Crippen LogP) is 3.78. The van der Waals surface area contributed by atoms with Crippen molar-refractivity contribution < 1.29 is 9.59 Å². The fraction of sp³-hybridized carbons (Fsp3) is 0.238. The average Bonchev–Trinajstić information content (AvgIpc) is 3.24. The van der Waals surface area contributed by atoms with Crippen LogP contribution in [0.4, 0.5) is 5.69 Å². The van der Waals surface area contributed by atoms with Gasteiger partial charge in [-0.3, -0.25) is 9.59 Å². The maximum absolute atomic E-state index is 13.0. The molecule has 28 heavy (non-hydrogen) atoms. The van der Waals surface area contributed by atoms with Crippen LogP contribution in [0.3, 0.4) is 0 Å². The molecule has 1 aliphatic rings. The van der Waals surface area contributed by atoms with Crippen molar-refractivity contribution in [3.05, 3.63) is 52.8 Å². The number of nitrogens with zero attached hydrogens (tertiary/aromatic N) is 3. The van der Waals surface area contributed by atoms with Gasteiger partial charge in [0.05, 0.1) is 16.5 Å². The van der Waals surface area contributed by atoms with Crippen molar-refractivity contribution in [2.45, 2.75) is 37.5 Å². The smallest absolute Gasteiger partial charge is 0.247 e. The summed E-state index contributed by atoms with van der Waals surface area (Å²) in [7, 11) is 0. The number of benzene rings is 1. The van der Waals surface area contributed by atoms with E-state index in [2.05, 4.69) is 16.0 Å². The highest BCUT2D eigenvalue weighted by molar-refractivity contribution is 8.00. The Hall–Kier alpha value is -3.11. The second kappa shape index (κ2) is 6.80. The molecule has 4 rings (SSSR count). The molecule has 2 amide bonds. The minimum Gasteiger partial charge on any atom is -0.361 e. The van der Waals surface area contributed by atoms with E-state index in [4.69, 9.17) is 0 Å². The van der Waals surface area contributed by atoms with E-state index in [1.807, 2.05) is 39.1 Å². The number of aromatic amines is 1. The predicted molar refractivity (Wildman–Crippen MR) is 108 cm³/mol. The third kappa shape index (κ3) is 2.86. The van der Waals surface area contributed by atoms with E-state index in [1.165, 1.54) is 16.7 Å². The third-order valence-electron chi connectivity index (χ3n) is 5.23. The highest BCUT2D eigenvalue weighted by Crippen LogP contribution is 2.36. The van der Waals surface area contributed by atoms with Crippen molar-refractivity contribution in [2.24, 2.45) is 0 Å². The first kappa shape index (κ1) is 18.3. The molecule has 1 N–H and O–H groups in total. The number of carbonyl (C=O) groups is 2. The van der Waals surface area contributed by atoms with Crippen molar-refractivity contribution in [1.82, 2.24) is 9.97 Å². The highest BCUT2D eigenvalue weighted by atomic mass is 32.2. The normalized spacial score (nSPS) is 16.8. The first-order valence-corrected chi connectivity index (χ1v) is 9.77. The Kier molecular flexibility index (Phi) is 4.44. The number of fused-ring (bicyclic) bond motifs is 1. The molecule has 1 aliphatic heterocycles. The standard InChI is InChI=1S/C21H18N4O2S/c1-11-12(2)16(10-22)20(24-13(11)3)28-18-9-19(26)25(21(18)27)15-5-4-14-6-7-23-17(14)8-15/h4-8,18,23H,9H2,1-3H3. The fourth-order valence-corrected chi connectivity index (χ4v) is 4.61. The summed E-state index contributed by atoms with van der Waals surface area (Å²) in [5.41, 5.74) is 4.55. The number of carbonyl (C=O) groups excluding carboxylic acids is 2. The fourth-order valence-electron chi connectivity index (χ4n) is 3.41. The zero-order valence-corrected chi connectivity index (χ0v) is 16.6. The second-order valence-corrected chi connectivity index (χ2v) is 8.06. The van der Waals surface area contributed by atoms with Crippen LogP contribution in [0.25, 0.3) is 10.9 Å². The average molecular weight is 390 g/mol. The summed E-state index contributed by atoms with van der Waals surface area (Å²) in [5, 5.41) is 10.5. The summed E-state index contributed by atoms with van der Waals surface area (Å²) in [6.45, 7) is 5.69. The van der Waals surface area contributed by atoms with Crippen molar-refractivity contribution in [1.29, 1.82) is 5.26 Å². The third-order valence-corrected chi connectivity index (χ3v) is 6.40. The number of pyridine rings is 1. The number of amides is 2. The van der Waals surface area contributed by atoms with Gasteiger partial charge >= 0.3 is 0 Å². The van der Waals surface area contributed by atoms with Crippen LogP contribution in [-0.2, 0) is 9.59 Å². The molecule has 1 unspecified atom stereocenters. The number of anilines is 1. The van der Waals surface area contributed by atoms with E-state index < -0.39 is 5.25 Å². The zero-order valence-electron chi connectivity index (χ0n) is 15.7. The monoisotopic (exact) mass is 390 g/mol. The van der Waals surface area contributed by atoms with Crippen LogP contribution < -0.4 is 4.90 Å². The molecule has 1 saturated heterocycles. The Bertz CT molecular complexity index is 1180. The van der Waals surface area contributed by atoms with Crippen LogP contribution in [0.2, 0.25) is 0 Å². The van der Waals surface area contributed by atoms with Crippen LogP contribution in [-0.4, -0.2) is 27.0 Å². The van der Waals surface area contributed by atoms with E-state index in [1.54, 1.807) is 12.1 Å². The quantitative estimate of drug-likeness (QED) is 0.687. The van der Waals surface area contributed by atoms with Crippen LogP contribution in [0.15, 0.2) is 35.5 Å². The van der Waals surface area contributed by atoms with E-state index in [0.29, 0.717) is 16.3 Å². The maximum Gasteiger partial charge on any atom is 0.247 e. The number of nitriles is 1. The highest BCUT2D eigenvalue weighted by Gasteiger charge is 2.41. The van der Waals surface area contributed by atoms with Crippen LogP contribution in [0.5, 0.6) is 0 Å². The van der Waals surface area contributed by atoms with Gasteiger partial charge in [-0.1, -0.05) is 17.8 Å². The number of H-pyrrole nitrogens is 1. The molecular weight excluding hydrogens is 372 g/mol. The molecule has 3 aromatic rings. The molecule has 2 aromatic heterocycles. The Labute approximate surface area is 166 Å². The molecule has 0 spiro atoms. The van der Waals surface area contributed by atoms with Crippen molar-refractivity contribution in [3.63, 3.8) is 0 Å². The molecule has 140 valence electrons. The molecule has 3 heterocycles. The summed E-state index contributed by atoms with van der Waals surface area (Å²) in [5.74, 6) is -0.519. The minimum absolute atomic E-state index is 0.0881. The van der Waals surface area contributed by atoms with Crippen LogP contribution in [0, 0.1) is 32.1 Å². The summed E-state index contributed by atoms with van der Waals surface area (Å²) < 4.78 is 0. The molecule has 0 saturated carbocycles. The molecule has 0 radical (unpaired) electrons. The number of imide groups is 1. The van der Waals surface area contributed by atoms with E-state index in [0.717, 1.165) is 27.7 Å². The Balaban J connectivity index is 1.66. The Morgan fingerprint density at radius 3 is 2.75 bits per heavy atom. The number of hydrogen-bond acceptors (Lipinski definition) is 5. The van der Waals surface area contributed by atoms with Crippen molar-refractivity contribution >= 4 is 40.2 Å². The van der Waals surface area contributed by atoms with Crippen LogP contribution >= 0.6 is 11.8 Å². The minimum atomic E-state index is -0.590.